The molecule has 0 radical (unpaired) electrons. The molecule has 0 saturated heterocycles. The number of thiophene rings is 1. The summed E-state index contributed by atoms with van der Waals surface area (Å²) in [5.74, 6) is -1.99. The van der Waals surface area contributed by atoms with E-state index >= 15 is 0 Å². The second-order valence-corrected chi connectivity index (χ2v) is 5.37. The van der Waals surface area contributed by atoms with E-state index < -0.39 is 23.9 Å². The minimum absolute atomic E-state index is 0.129. The van der Waals surface area contributed by atoms with Crippen molar-refractivity contribution in [2.45, 2.75) is 6.04 Å². The molecular weight excluding hydrogens is 319 g/mol. The van der Waals surface area contributed by atoms with E-state index in [1.165, 1.54) is 29.5 Å². The molecule has 110 valence electrons. The van der Waals surface area contributed by atoms with Crippen molar-refractivity contribution in [3.63, 3.8) is 0 Å². The number of hydrogen-bond donors (Lipinski definition) is 3. The molecule has 1 unspecified atom stereocenters. The first-order valence-electron chi connectivity index (χ1n) is 5.77. The van der Waals surface area contributed by atoms with Gasteiger partial charge in [0.15, 0.2) is 11.9 Å². The Morgan fingerprint density at radius 1 is 1.29 bits per heavy atom. The Morgan fingerprint density at radius 3 is 2.67 bits per heavy atom. The highest BCUT2D eigenvalue weighted by atomic mass is 35.5. The zero-order chi connectivity index (χ0) is 15.4. The molecule has 8 heteroatoms. The van der Waals surface area contributed by atoms with Gasteiger partial charge in [0.25, 0.3) is 0 Å². The van der Waals surface area contributed by atoms with Gasteiger partial charge in [0.2, 0.25) is 0 Å². The molecule has 0 aliphatic rings. The second kappa shape index (κ2) is 6.55. The first kappa shape index (κ1) is 15.3. The first-order chi connectivity index (χ1) is 9.99. The van der Waals surface area contributed by atoms with Crippen LogP contribution in [0.2, 0.25) is 5.02 Å². The van der Waals surface area contributed by atoms with Crippen LogP contribution < -0.4 is 10.6 Å². The molecule has 2 rings (SSSR count). The fourth-order valence-corrected chi connectivity index (χ4v) is 2.54. The number of carbonyl (C=O) groups is 2. The van der Waals surface area contributed by atoms with Crippen molar-refractivity contribution in [1.29, 1.82) is 0 Å². The highest BCUT2D eigenvalue weighted by Crippen LogP contribution is 2.23. The summed E-state index contributed by atoms with van der Waals surface area (Å²) in [6.07, 6.45) is 0. The van der Waals surface area contributed by atoms with Crippen LogP contribution in [-0.4, -0.2) is 17.1 Å². The number of aliphatic carboxylic acids is 1. The number of hydrogen-bond acceptors (Lipinski definition) is 3. The Kier molecular flexibility index (Phi) is 4.77. The summed E-state index contributed by atoms with van der Waals surface area (Å²) in [6, 6.07) is 5.35. The molecule has 0 bridgehead atoms. The van der Waals surface area contributed by atoms with Gasteiger partial charge in [0.1, 0.15) is 0 Å². The van der Waals surface area contributed by atoms with Gasteiger partial charge in [-0.1, -0.05) is 23.7 Å². The lowest BCUT2D eigenvalue weighted by atomic mass is 10.2. The minimum Gasteiger partial charge on any atom is -0.479 e. The maximum absolute atomic E-state index is 13.6. The number of benzene rings is 1. The lowest BCUT2D eigenvalue weighted by Gasteiger charge is -2.14. The van der Waals surface area contributed by atoms with Gasteiger partial charge in [-0.15, -0.1) is 11.3 Å². The standard InChI is InChI=1S/C13H10ClFN2O3S/c14-7-3-1-4-8(10(7)15)16-13(20)17-11(12(18)19)9-5-2-6-21-9/h1-6,11H,(H,18,19)(H2,16,17,20). The van der Waals surface area contributed by atoms with Gasteiger partial charge in [-0.2, -0.15) is 0 Å². The number of urea groups is 1. The predicted octanol–water partition coefficient (Wildman–Crippen LogP) is 3.49. The number of carboxylic acids is 1. The van der Waals surface area contributed by atoms with Gasteiger partial charge >= 0.3 is 12.0 Å². The van der Waals surface area contributed by atoms with E-state index in [1.54, 1.807) is 17.5 Å². The molecule has 1 aromatic carbocycles. The number of amides is 2. The molecule has 2 amide bonds. The van der Waals surface area contributed by atoms with Crippen molar-refractivity contribution in [2.24, 2.45) is 0 Å². The van der Waals surface area contributed by atoms with Crippen LogP contribution in [0.1, 0.15) is 10.9 Å². The Hall–Kier alpha value is -2.12. The van der Waals surface area contributed by atoms with Crippen LogP contribution in [-0.2, 0) is 4.79 Å². The van der Waals surface area contributed by atoms with Crippen molar-refractivity contribution >= 4 is 40.6 Å². The van der Waals surface area contributed by atoms with E-state index in [-0.39, 0.29) is 10.7 Å². The normalized spacial score (nSPS) is 11.7. The number of halogens is 2. The summed E-state index contributed by atoms with van der Waals surface area (Å²) in [7, 11) is 0. The van der Waals surface area contributed by atoms with Gasteiger partial charge in [-0.25, -0.2) is 14.0 Å². The number of carboxylic acid groups (broad SMARTS) is 1. The summed E-state index contributed by atoms with van der Waals surface area (Å²) in [6.45, 7) is 0. The van der Waals surface area contributed by atoms with Gasteiger partial charge < -0.3 is 15.7 Å². The monoisotopic (exact) mass is 328 g/mol. The van der Waals surface area contributed by atoms with Crippen molar-refractivity contribution in [3.05, 3.63) is 51.4 Å². The highest BCUT2D eigenvalue weighted by molar-refractivity contribution is 7.10. The Labute approximate surface area is 128 Å². The third-order valence-electron chi connectivity index (χ3n) is 2.55. The molecule has 21 heavy (non-hydrogen) atoms. The number of rotatable bonds is 4. The first-order valence-corrected chi connectivity index (χ1v) is 7.02. The predicted molar refractivity (Wildman–Crippen MR) is 78.3 cm³/mol. The van der Waals surface area contributed by atoms with Crippen LogP contribution in [0, 0.1) is 5.82 Å². The van der Waals surface area contributed by atoms with Gasteiger partial charge in [-0.3, -0.25) is 0 Å². The lowest BCUT2D eigenvalue weighted by Crippen LogP contribution is -2.36. The Bertz CT molecular complexity index is 663. The second-order valence-electron chi connectivity index (χ2n) is 3.99. The summed E-state index contributed by atoms with van der Waals surface area (Å²) in [5.41, 5.74) is -0.129. The number of nitrogens with one attached hydrogen (secondary N) is 2. The van der Waals surface area contributed by atoms with Crippen molar-refractivity contribution < 1.29 is 19.1 Å². The fourth-order valence-electron chi connectivity index (χ4n) is 1.60. The topological polar surface area (TPSA) is 78.4 Å². The van der Waals surface area contributed by atoms with Crippen molar-refractivity contribution in [2.75, 3.05) is 5.32 Å². The molecule has 1 atom stereocenters. The molecule has 1 aromatic heterocycles. The molecule has 2 aromatic rings. The van der Waals surface area contributed by atoms with Crippen LogP contribution in [0.5, 0.6) is 0 Å². The Balaban J connectivity index is 2.10. The summed E-state index contributed by atoms with van der Waals surface area (Å²) < 4.78 is 13.6. The molecule has 5 nitrogen and oxygen atoms in total. The SMILES string of the molecule is O=C(Nc1cccc(Cl)c1F)NC(C(=O)O)c1cccs1. The van der Waals surface area contributed by atoms with Gasteiger partial charge in [0.05, 0.1) is 10.7 Å². The van der Waals surface area contributed by atoms with Gasteiger partial charge in [-0.05, 0) is 23.6 Å². The Morgan fingerprint density at radius 2 is 2.05 bits per heavy atom. The molecule has 1 heterocycles. The average molecular weight is 329 g/mol. The third kappa shape index (κ3) is 3.71. The van der Waals surface area contributed by atoms with E-state index in [0.29, 0.717) is 4.88 Å². The smallest absolute Gasteiger partial charge is 0.331 e. The fraction of sp³-hybridized carbons (Fsp3) is 0.0769. The quantitative estimate of drug-likeness (QED) is 0.804. The van der Waals surface area contributed by atoms with E-state index in [2.05, 4.69) is 10.6 Å². The van der Waals surface area contributed by atoms with E-state index in [9.17, 15) is 14.0 Å². The van der Waals surface area contributed by atoms with Crippen LogP contribution in [0.15, 0.2) is 35.7 Å². The lowest BCUT2D eigenvalue weighted by molar-refractivity contribution is -0.139. The summed E-state index contributed by atoms with van der Waals surface area (Å²) in [4.78, 5) is 23.4. The molecule has 0 spiro atoms. The molecule has 0 aliphatic heterocycles. The third-order valence-corrected chi connectivity index (χ3v) is 3.78. The van der Waals surface area contributed by atoms with E-state index in [0.717, 1.165) is 0 Å². The van der Waals surface area contributed by atoms with Crippen LogP contribution in [0.4, 0.5) is 14.9 Å². The molecule has 3 N–H and O–H groups in total. The molecular formula is C13H10ClFN2O3S. The minimum atomic E-state index is -1.21. The molecule has 0 aliphatic carbocycles. The zero-order valence-corrected chi connectivity index (χ0v) is 12.0. The van der Waals surface area contributed by atoms with Crippen LogP contribution in [0.3, 0.4) is 0 Å². The largest absolute Gasteiger partial charge is 0.479 e. The summed E-state index contributed by atoms with van der Waals surface area (Å²) in [5, 5.41) is 15.2. The van der Waals surface area contributed by atoms with Crippen molar-refractivity contribution in [3.8, 4) is 0 Å². The van der Waals surface area contributed by atoms with E-state index in [1.807, 2.05) is 0 Å². The maximum atomic E-state index is 13.6. The maximum Gasteiger partial charge on any atom is 0.331 e. The highest BCUT2D eigenvalue weighted by Gasteiger charge is 2.23. The zero-order valence-electron chi connectivity index (χ0n) is 10.5. The summed E-state index contributed by atoms with van der Waals surface area (Å²) >= 11 is 6.79. The number of carbonyl (C=O) groups excluding carboxylic acids is 1. The van der Waals surface area contributed by atoms with Crippen molar-refractivity contribution in [1.82, 2.24) is 5.32 Å². The van der Waals surface area contributed by atoms with Crippen LogP contribution >= 0.6 is 22.9 Å². The van der Waals surface area contributed by atoms with Gasteiger partial charge in [0, 0.05) is 4.88 Å². The van der Waals surface area contributed by atoms with E-state index in [4.69, 9.17) is 16.7 Å². The molecule has 0 fully saturated rings. The molecule has 0 saturated carbocycles. The average Bonchev–Trinajstić information content (AvgIpc) is 2.95. The van der Waals surface area contributed by atoms with Crippen LogP contribution in [0.25, 0.3) is 0 Å². The number of anilines is 1.